The summed E-state index contributed by atoms with van der Waals surface area (Å²) in [6, 6.07) is 86.6. The molecule has 5 heteroatoms. The highest BCUT2D eigenvalue weighted by Crippen LogP contribution is 2.41. The topological polar surface area (TPSA) is 19.4 Å². The third-order valence-corrected chi connectivity index (χ3v) is 23.8. The number of hydrogen-bond donors (Lipinski definition) is 0. The van der Waals surface area contributed by atoms with E-state index in [9.17, 15) is 0 Å². The molecule has 0 saturated heterocycles. The van der Waals surface area contributed by atoms with Gasteiger partial charge in [-0.15, -0.1) is 0 Å². The van der Waals surface area contributed by atoms with Crippen LogP contribution in [0.15, 0.2) is 304 Å². The van der Waals surface area contributed by atoms with Crippen LogP contribution in [0.25, 0.3) is 112 Å². The molecule has 2 aliphatic carbocycles. The van der Waals surface area contributed by atoms with Crippen molar-refractivity contribution in [1.82, 2.24) is 0 Å². The second kappa shape index (κ2) is 41.8. The van der Waals surface area contributed by atoms with Crippen molar-refractivity contribution in [3.63, 3.8) is 0 Å². The van der Waals surface area contributed by atoms with Crippen molar-refractivity contribution in [3.8, 4) is 112 Å². The molecule has 2 aliphatic rings. The van der Waals surface area contributed by atoms with Crippen LogP contribution in [-0.2, 0) is 48.0 Å². The molecule has 0 bridgehead atoms. The molecule has 15 aromatic rings. The third-order valence-electron chi connectivity index (χ3n) is 23.8. The van der Waals surface area contributed by atoms with Gasteiger partial charge in [-0.05, 0) is 302 Å². The molecule has 0 atom stereocenters. The molecule has 5 nitrogen and oxygen atoms in total. The molecular formula is C121H138N5+5. The summed E-state index contributed by atoms with van der Waals surface area (Å²) in [4.78, 5) is 0. The number of nitrogens with zero attached hydrogens (tertiary/aromatic N) is 5. The van der Waals surface area contributed by atoms with E-state index in [2.05, 4.69) is 54.0 Å². The summed E-state index contributed by atoms with van der Waals surface area (Å²) in [7, 11) is 9.54. The fourth-order valence-corrected chi connectivity index (χ4v) is 17.2. The highest BCUT2D eigenvalue weighted by Gasteiger charge is 2.27. The van der Waals surface area contributed by atoms with Crippen LogP contribution in [0.4, 0.5) is 0 Å². The van der Waals surface area contributed by atoms with Crippen molar-refractivity contribution in [2.24, 2.45) is 46.6 Å². The molecule has 0 N–H and O–H groups in total. The molecule has 2 saturated carbocycles. The third kappa shape index (κ3) is 23.0. The summed E-state index contributed by atoms with van der Waals surface area (Å²) in [5.41, 5.74) is 26.5. The molecule has 0 radical (unpaired) electrons. The second-order valence-corrected chi connectivity index (χ2v) is 35.1. The van der Waals surface area contributed by atoms with Gasteiger partial charge in [-0.25, -0.2) is 22.8 Å². The predicted octanol–water partition coefficient (Wildman–Crippen LogP) is 29.1. The summed E-state index contributed by atoms with van der Waals surface area (Å²) in [6.45, 7) is 5.86. The first kappa shape index (κ1) is 64.7. The van der Waals surface area contributed by atoms with Crippen molar-refractivity contribution in [1.29, 1.82) is 0 Å². The molecule has 0 amide bonds. The van der Waals surface area contributed by atoms with Crippen LogP contribution < -0.4 is 22.8 Å². The molecular weight excluding hydrogens is 1520 g/mol. The molecule has 5 aromatic heterocycles. The van der Waals surface area contributed by atoms with Crippen LogP contribution in [0.1, 0.15) is 221 Å². The molecule has 126 heavy (non-hydrogen) atoms. The molecule has 642 valence electrons. The van der Waals surface area contributed by atoms with Gasteiger partial charge in [0.15, 0.2) is 31.0 Å². The van der Waals surface area contributed by atoms with Gasteiger partial charge in [0, 0.05) is 120 Å². The summed E-state index contributed by atoms with van der Waals surface area (Å²) in [5.74, 6) is -1.52. The number of hydrogen-bond acceptors (Lipinski definition) is 0. The molecule has 0 spiro atoms. The highest BCUT2D eigenvalue weighted by atomic mass is 14.9. The lowest BCUT2D eigenvalue weighted by Crippen LogP contribution is -2.32. The first-order chi connectivity index (χ1) is 70.0. The molecule has 17 rings (SSSR count). The van der Waals surface area contributed by atoms with E-state index in [1.54, 1.807) is 54.3 Å². The minimum Gasteiger partial charge on any atom is -0.201 e. The van der Waals surface area contributed by atoms with E-state index in [4.69, 9.17) is 32.9 Å². The van der Waals surface area contributed by atoms with E-state index in [1.165, 1.54) is 6.42 Å². The average molecular weight is 1690 g/mol. The van der Waals surface area contributed by atoms with Crippen molar-refractivity contribution < 1.29 is 55.7 Å². The lowest BCUT2D eigenvalue weighted by atomic mass is 9.83. The summed E-state index contributed by atoms with van der Waals surface area (Å²) < 4.78 is 205. The lowest BCUT2D eigenvalue weighted by molar-refractivity contribution is -0.660. The number of aromatic nitrogens is 5. The van der Waals surface area contributed by atoms with Crippen molar-refractivity contribution >= 4 is 0 Å². The summed E-state index contributed by atoms with van der Waals surface area (Å²) in [5, 5.41) is 0. The van der Waals surface area contributed by atoms with Crippen LogP contribution in [0.5, 0.6) is 0 Å². The van der Waals surface area contributed by atoms with E-state index in [1.807, 2.05) is 323 Å². The second-order valence-electron chi connectivity index (χ2n) is 35.1. The zero-order valence-corrected chi connectivity index (χ0v) is 76.0. The zero-order valence-electron chi connectivity index (χ0n) is 100. The van der Waals surface area contributed by atoms with Crippen LogP contribution in [0.2, 0.25) is 0 Å². The molecule has 10 aromatic carbocycles. The largest absolute Gasteiger partial charge is 0.212 e. The fraction of sp³-hybridized carbons (Fsp3) is 0.298. The van der Waals surface area contributed by atoms with Gasteiger partial charge < -0.3 is 0 Å². The SMILES string of the molecule is [2H]C([2H])([2H])c1c[n+](C)c(-c2cc(-c3ccccc3)ccc2C)cc1C1([2H])CCCC1.[2H]C([2H])([2H])c1cc(C)c(-c2cc(C([2H])([2H])C(C)(C)C)cc[n+]2C)cc1-c1ccccc1.[2H]C([2H])([2H])c1cc(C)c(-c2cc(C([2H])([2H])C(C)C)cc[n+]2C)cc1-c1ccccc1.[2H]C([2H])([2H])c1cc(C)c(-c2cc(C3([2H])CCCCC3)cc[n+]2C)cc1-c1ccccc1.[2H]C([2H])([2H])c1ccc(-c2cc(-c3ccccc3)c(C([2H])([2H])[2H])cc2C)[n+](C)c1. The number of rotatable bonds is 15. The van der Waals surface area contributed by atoms with E-state index < -0.39 is 71.1 Å². The van der Waals surface area contributed by atoms with Crippen LogP contribution in [-0.4, -0.2) is 0 Å². The van der Waals surface area contributed by atoms with E-state index in [0.717, 1.165) is 167 Å². The minimum atomic E-state index is -2.23. The maximum absolute atomic E-state index is 9.05. The van der Waals surface area contributed by atoms with E-state index in [-0.39, 0.29) is 11.5 Å². The van der Waals surface area contributed by atoms with Crippen LogP contribution in [0.3, 0.4) is 0 Å². The van der Waals surface area contributed by atoms with Gasteiger partial charge in [0.05, 0.1) is 0 Å². The molecule has 0 unspecified atom stereocenters. The van der Waals surface area contributed by atoms with Gasteiger partial charge in [-0.2, -0.15) is 0 Å². The highest BCUT2D eigenvalue weighted by molar-refractivity contribution is 5.80. The summed E-state index contributed by atoms with van der Waals surface area (Å²) in [6.07, 6.45) is 14.7. The molecule has 0 aliphatic heterocycles. The van der Waals surface area contributed by atoms with Gasteiger partial charge in [0.25, 0.3) is 0 Å². The quantitative estimate of drug-likeness (QED) is 0.0912. The van der Waals surface area contributed by atoms with Gasteiger partial charge in [0.1, 0.15) is 35.2 Å². The standard InChI is InChI=1S/C26H30N.C25H28N.C25H30N.C24H28N.C21H22N/c1-19-16-20(2)25(18-24(19)22-12-8-5-9-13-22)26-17-23(14-15-27(26)3)21-10-6-4-7-11-21;1-18-13-14-22(20-9-5-4-6-10-20)15-24(18)25-16-23(19(2)17-26(25)3)21-11-7-8-12-21;1-18-14-19(2)23(16-22(18)21-10-8-7-9-11-21)24-15-20(12-13-26(24)6)17-25(3,4)5;1-17(2)13-20-11-12-25(5)24(15-20)23-16-22(18(3)14-19(23)4)21-9-7-6-8-10-21;1-15-10-11-21(22(4)14-15)20-13-19(16(2)12-17(20)3)18-8-6-5-7-9-18/h5,8-9,12-18,21H,4,6-7,10-11H2,1-3H3;4-6,9-10,13-17,21H,7-8,11-12H2,1-3H3;7-16H,17H2,1-6H3;6-12,14-17H,13H2,1-5H3;5-14H,1-4H3/q5*+1/i1D3,21D;2D3,21D;1D3,17D2;3D3,13D2;1D3,2D3. The first-order valence-electron chi connectivity index (χ1n) is 56.1. The molecule has 2 fully saturated rings. The van der Waals surface area contributed by atoms with Gasteiger partial charge in [-0.3, -0.25) is 0 Å². The zero-order chi connectivity index (χ0) is 110. The average Bonchev–Trinajstić information content (AvgIpc) is 1.16. The number of benzene rings is 10. The predicted molar refractivity (Wildman–Crippen MR) is 533 cm³/mol. The Labute approximate surface area is 790 Å². The monoisotopic (exact) mass is 1690 g/mol. The van der Waals surface area contributed by atoms with Crippen molar-refractivity contribution in [3.05, 3.63) is 387 Å². The fourth-order valence-electron chi connectivity index (χ4n) is 17.2. The van der Waals surface area contributed by atoms with Crippen molar-refractivity contribution in [2.45, 2.75) is 193 Å². The molecule has 5 heterocycles. The van der Waals surface area contributed by atoms with Gasteiger partial charge in [0.2, 0.25) is 28.5 Å². The van der Waals surface area contributed by atoms with Gasteiger partial charge >= 0.3 is 0 Å². The Morgan fingerprint density at radius 3 is 1.10 bits per heavy atom. The summed E-state index contributed by atoms with van der Waals surface area (Å²) >= 11 is 0. The number of pyridine rings is 5. The van der Waals surface area contributed by atoms with Crippen LogP contribution >= 0.6 is 0 Å². The Morgan fingerprint density at radius 1 is 0.310 bits per heavy atom. The first-order valence-corrected chi connectivity index (χ1v) is 44.1. The Morgan fingerprint density at radius 2 is 0.683 bits per heavy atom. The Bertz CT molecular complexity index is 7310. The van der Waals surface area contributed by atoms with Gasteiger partial charge in [-0.1, -0.05) is 255 Å². The maximum atomic E-state index is 9.05. The van der Waals surface area contributed by atoms with Crippen LogP contribution in [0, 0.1) is 87.1 Å². The smallest absolute Gasteiger partial charge is 0.201 e. The van der Waals surface area contributed by atoms with Crippen molar-refractivity contribution in [2.75, 3.05) is 0 Å². The lowest BCUT2D eigenvalue weighted by Gasteiger charge is -2.22. The van der Waals surface area contributed by atoms with E-state index in [0.29, 0.717) is 74.0 Å². The normalized spacial score (nSPS) is 16.9. The maximum Gasteiger partial charge on any atom is 0.212 e. The van der Waals surface area contributed by atoms with E-state index >= 15 is 0 Å². The Hall–Kier alpha value is -12.1. The Kier molecular flexibility index (Phi) is 21.5. The Balaban J connectivity index is 0.000000156. The number of aryl methyl sites for hydroxylation is 16. The minimum absolute atomic E-state index is 0.169.